The highest BCUT2D eigenvalue weighted by atomic mass is 16.2. The van der Waals surface area contributed by atoms with Crippen molar-refractivity contribution >= 4 is 16.9 Å². The number of aromatic nitrogens is 1. The highest BCUT2D eigenvalue weighted by Crippen LogP contribution is 2.15. The van der Waals surface area contributed by atoms with Gasteiger partial charge in [-0.1, -0.05) is 24.3 Å². The second-order valence-corrected chi connectivity index (χ2v) is 4.82. The average molecular weight is 271 g/mol. The number of rotatable bonds is 6. The van der Waals surface area contributed by atoms with Gasteiger partial charge in [-0.05, 0) is 23.9 Å². The molecule has 1 N–H and O–H groups in total. The zero-order chi connectivity index (χ0) is 14.4. The Kier molecular flexibility index (Phi) is 4.82. The number of hydrogen-bond donors (Lipinski definition) is 1. The van der Waals surface area contributed by atoms with Crippen LogP contribution < -0.4 is 5.32 Å². The number of likely N-dealkylation sites (N-methyl/N-ethyl adjacent to an activating group) is 1. The molecule has 20 heavy (non-hydrogen) atoms. The molecule has 106 valence electrons. The van der Waals surface area contributed by atoms with Crippen LogP contribution in [0.25, 0.3) is 10.9 Å². The Morgan fingerprint density at radius 3 is 3.00 bits per heavy atom. The Bertz CT molecular complexity index is 588. The van der Waals surface area contributed by atoms with Crippen LogP contribution in [0.4, 0.5) is 4.79 Å². The van der Waals surface area contributed by atoms with Crippen molar-refractivity contribution < 1.29 is 4.79 Å². The molecule has 0 saturated heterocycles. The van der Waals surface area contributed by atoms with Crippen LogP contribution >= 0.6 is 0 Å². The van der Waals surface area contributed by atoms with E-state index in [1.54, 1.807) is 18.0 Å². The minimum Gasteiger partial charge on any atom is -0.347 e. The average Bonchev–Trinajstić information content (AvgIpc) is 2.87. The smallest absolute Gasteiger partial charge is 0.317 e. The van der Waals surface area contributed by atoms with Gasteiger partial charge >= 0.3 is 6.03 Å². The number of amides is 2. The lowest BCUT2D eigenvalue weighted by Crippen LogP contribution is -2.37. The fraction of sp³-hybridized carbons (Fsp3) is 0.312. The summed E-state index contributed by atoms with van der Waals surface area (Å²) in [5, 5.41) is 4.16. The third-order valence-corrected chi connectivity index (χ3v) is 3.28. The van der Waals surface area contributed by atoms with Crippen LogP contribution in [-0.2, 0) is 6.54 Å². The van der Waals surface area contributed by atoms with Crippen LogP contribution in [-0.4, -0.2) is 35.6 Å². The number of carbonyl (C=O) groups is 1. The lowest BCUT2D eigenvalue weighted by atomic mass is 10.2. The number of hydrogen-bond acceptors (Lipinski definition) is 1. The zero-order valence-corrected chi connectivity index (χ0v) is 11.9. The maximum atomic E-state index is 11.7. The first-order valence-electron chi connectivity index (χ1n) is 6.86. The Balaban J connectivity index is 1.79. The molecule has 0 aliphatic rings. The van der Waals surface area contributed by atoms with E-state index in [4.69, 9.17) is 0 Å². The van der Waals surface area contributed by atoms with Crippen LogP contribution in [0.3, 0.4) is 0 Å². The molecule has 2 amide bonds. The molecule has 1 aromatic heterocycles. The summed E-state index contributed by atoms with van der Waals surface area (Å²) >= 11 is 0. The number of urea groups is 1. The van der Waals surface area contributed by atoms with Crippen molar-refractivity contribution in [3.05, 3.63) is 49.2 Å². The van der Waals surface area contributed by atoms with E-state index in [1.165, 1.54) is 10.9 Å². The van der Waals surface area contributed by atoms with E-state index in [0.717, 1.165) is 13.0 Å². The third kappa shape index (κ3) is 3.41. The van der Waals surface area contributed by atoms with Gasteiger partial charge in [0.15, 0.2) is 0 Å². The van der Waals surface area contributed by atoms with E-state index in [9.17, 15) is 4.79 Å². The summed E-state index contributed by atoms with van der Waals surface area (Å²) < 4.78 is 2.22. The molecule has 0 spiro atoms. The van der Waals surface area contributed by atoms with Gasteiger partial charge < -0.3 is 14.8 Å². The molecular weight excluding hydrogens is 250 g/mol. The Labute approximate surface area is 119 Å². The van der Waals surface area contributed by atoms with Gasteiger partial charge in [0.05, 0.1) is 0 Å². The topological polar surface area (TPSA) is 37.3 Å². The lowest BCUT2D eigenvalue weighted by Gasteiger charge is -2.15. The van der Waals surface area contributed by atoms with Crippen LogP contribution in [0.1, 0.15) is 6.42 Å². The monoisotopic (exact) mass is 271 g/mol. The predicted molar refractivity (Wildman–Crippen MR) is 82.8 cm³/mol. The Morgan fingerprint density at radius 1 is 1.40 bits per heavy atom. The van der Waals surface area contributed by atoms with Crippen LogP contribution in [0.15, 0.2) is 49.2 Å². The van der Waals surface area contributed by atoms with E-state index >= 15 is 0 Å². The summed E-state index contributed by atoms with van der Waals surface area (Å²) in [5.41, 5.74) is 1.24. The van der Waals surface area contributed by atoms with E-state index in [2.05, 4.69) is 40.9 Å². The zero-order valence-electron chi connectivity index (χ0n) is 11.9. The summed E-state index contributed by atoms with van der Waals surface area (Å²) in [5.74, 6) is 0. The largest absolute Gasteiger partial charge is 0.347 e. The molecular formula is C16H21N3O. The molecule has 0 unspecified atom stereocenters. The van der Waals surface area contributed by atoms with Crippen molar-refractivity contribution in [3.8, 4) is 0 Å². The summed E-state index contributed by atoms with van der Waals surface area (Å²) in [6.07, 6.45) is 4.72. The minimum absolute atomic E-state index is 0.0535. The SMILES string of the molecule is C=CCN(C)C(=O)NCCCn1ccc2ccccc21. The van der Waals surface area contributed by atoms with Crippen molar-refractivity contribution in [2.45, 2.75) is 13.0 Å². The van der Waals surface area contributed by atoms with Crippen molar-refractivity contribution in [2.75, 3.05) is 20.1 Å². The molecule has 1 heterocycles. The molecule has 0 aliphatic heterocycles. The first kappa shape index (κ1) is 14.2. The summed E-state index contributed by atoms with van der Waals surface area (Å²) in [7, 11) is 1.76. The second kappa shape index (κ2) is 6.80. The molecule has 4 heteroatoms. The van der Waals surface area contributed by atoms with Crippen molar-refractivity contribution in [3.63, 3.8) is 0 Å². The normalized spacial score (nSPS) is 10.4. The molecule has 4 nitrogen and oxygen atoms in total. The fourth-order valence-corrected chi connectivity index (χ4v) is 2.19. The Morgan fingerprint density at radius 2 is 2.20 bits per heavy atom. The van der Waals surface area contributed by atoms with Gasteiger partial charge in [0.2, 0.25) is 0 Å². The van der Waals surface area contributed by atoms with E-state index < -0.39 is 0 Å². The number of nitrogens with one attached hydrogen (secondary N) is 1. The third-order valence-electron chi connectivity index (χ3n) is 3.28. The van der Waals surface area contributed by atoms with Crippen LogP contribution in [0, 0.1) is 0 Å². The maximum Gasteiger partial charge on any atom is 0.317 e. The van der Waals surface area contributed by atoms with Gasteiger partial charge in [-0.15, -0.1) is 6.58 Å². The van der Waals surface area contributed by atoms with Gasteiger partial charge in [-0.2, -0.15) is 0 Å². The van der Waals surface area contributed by atoms with Crippen LogP contribution in [0.2, 0.25) is 0 Å². The highest BCUT2D eigenvalue weighted by Gasteiger charge is 2.05. The number of aryl methyl sites for hydroxylation is 1. The van der Waals surface area contributed by atoms with Crippen molar-refractivity contribution in [1.82, 2.24) is 14.8 Å². The molecule has 2 aromatic rings. The molecule has 0 fully saturated rings. The summed E-state index contributed by atoms with van der Waals surface area (Å²) in [4.78, 5) is 13.3. The molecule has 2 rings (SSSR count). The van der Waals surface area contributed by atoms with E-state index in [-0.39, 0.29) is 6.03 Å². The molecule has 1 aromatic carbocycles. The Hall–Kier alpha value is -2.23. The van der Waals surface area contributed by atoms with Gasteiger partial charge in [-0.25, -0.2) is 4.79 Å². The number of fused-ring (bicyclic) bond motifs is 1. The molecule has 0 aliphatic carbocycles. The summed E-state index contributed by atoms with van der Waals surface area (Å²) in [6.45, 7) is 5.76. The van der Waals surface area contributed by atoms with Gasteiger partial charge in [-0.3, -0.25) is 0 Å². The lowest BCUT2D eigenvalue weighted by molar-refractivity contribution is 0.213. The highest BCUT2D eigenvalue weighted by molar-refractivity contribution is 5.79. The van der Waals surface area contributed by atoms with Gasteiger partial charge in [0.1, 0.15) is 0 Å². The second-order valence-electron chi connectivity index (χ2n) is 4.82. The van der Waals surface area contributed by atoms with E-state index in [0.29, 0.717) is 13.1 Å². The molecule has 0 radical (unpaired) electrons. The number of nitrogens with zero attached hydrogens (tertiary/aromatic N) is 2. The van der Waals surface area contributed by atoms with Crippen molar-refractivity contribution in [2.24, 2.45) is 0 Å². The fourth-order valence-electron chi connectivity index (χ4n) is 2.19. The first-order valence-corrected chi connectivity index (χ1v) is 6.86. The summed E-state index contributed by atoms with van der Waals surface area (Å²) in [6, 6.07) is 10.4. The first-order chi connectivity index (χ1) is 9.72. The van der Waals surface area contributed by atoms with Crippen molar-refractivity contribution in [1.29, 1.82) is 0 Å². The quantitative estimate of drug-likeness (QED) is 0.636. The number of benzene rings is 1. The van der Waals surface area contributed by atoms with E-state index in [1.807, 2.05) is 12.1 Å². The molecule has 0 bridgehead atoms. The van der Waals surface area contributed by atoms with Gasteiger partial charge in [0.25, 0.3) is 0 Å². The number of para-hydroxylation sites is 1. The van der Waals surface area contributed by atoms with Gasteiger partial charge in [0, 0.05) is 38.4 Å². The predicted octanol–water partition coefficient (Wildman–Crippen LogP) is 2.86. The standard InChI is InChI=1S/C16H21N3O/c1-3-11-18(2)16(20)17-10-6-12-19-13-9-14-7-4-5-8-15(14)19/h3-5,7-9,13H,1,6,10-12H2,2H3,(H,17,20). The maximum absolute atomic E-state index is 11.7. The molecule has 0 atom stereocenters. The van der Waals surface area contributed by atoms with Crippen LogP contribution in [0.5, 0.6) is 0 Å². The minimum atomic E-state index is -0.0535. The molecule has 0 saturated carbocycles. The number of carbonyl (C=O) groups excluding carboxylic acids is 1.